The summed E-state index contributed by atoms with van der Waals surface area (Å²) >= 11 is 1.66. The third-order valence-electron chi connectivity index (χ3n) is 5.73. The summed E-state index contributed by atoms with van der Waals surface area (Å²) < 4.78 is 2.34. The van der Waals surface area contributed by atoms with E-state index in [2.05, 4.69) is 26.3 Å². The van der Waals surface area contributed by atoms with E-state index in [4.69, 9.17) is 0 Å². The molecule has 0 unspecified atom stereocenters. The van der Waals surface area contributed by atoms with E-state index in [1.54, 1.807) is 11.8 Å². The maximum Gasteiger partial charge on any atom is 0.251 e. The predicted molar refractivity (Wildman–Crippen MR) is 122 cm³/mol. The highest BCUT2D eigenvalue weighted by Crippen LogP contribution is 2.33. The largest absolute Gasteiger partial charge is 0.352 e. The van der Waals surface area contributed by atoms with Gasteiger partial charge in [0.15, 0.2) is 5.16 Å². The van der Waals surface area contributed by atoms with Crippen LogP contribution in [0.4, 0.5) is 0 Å². The number of nitrogens with zero attached hydrogens (tertiary/aromatic N) is 3. The van der Waals surface area contributed by atoms with Crippen LogP contribution in [0.1, 0.15) is 54.3 Å². The van der Waals surface area contributed by atoms with E-state index in [-0.39, 0.29) is 5.91 Å². The normalized spacial score (nSPS) is 14.2. The van der Waals surface area contributed by atoms with Gasteiger partial charge in [0.25, 0.3) is 5.91 Å². The van der Waals surface area contributed by atoms with Crippen molar-refractivity contribution >= 4 is 17.7 Å². The van der Waals surface area contributed by atoms with Crippen molar-refractivity contribution in [2.75, 3.05) is 12.8 Å². The molecule has 0 aliphatic heterocycles. The highest BCUT2D eigenvalue weighted by atomic mass is 32.2. The van der Waals surface area contributed by atoms with Gasteiger partial charge < -0.3 is 9.88 Å². The lowest BCUT2D eigenvalue weighted by molar-refractivity contribution is 0.0953. The van der Waals surface area contributed by atoms with Crippen molar-refractivity contribution in [1.29, 1.82) is 0 Å². The molecule has 0 radical (unpaired) electrons. The van der Waals surface area contributed by atoms with Crippen molar-refractivity contribution < 1.29 is 4.79 Å². The van der Waals surface area contributed by atoms with Gasteiger partial charge in [-0.3, -0.25) is 4.79 Å². The monoisotopic (exact) mass is 420 g/mol. The van der Waals surface area contributed by atoms with Crippen molar-refractivity contribution in [2.45, 2.75) is 49.7 Å². The number of thioether (sulfide) groups is 1. The van der Waals surface area contributed by atoms with E-state index in [1.165, 1.54) is 25.7 Å². The van der Waals surface area contributed by atoms with Crippen LogP contribution >= 0.6 is 11.8 Å². The summed E-state index contributed by atoms with van der Waals surface area (Å²) in [6.45, 7) is 0.619. The lowest BCUT2D eigenvalue weighted by Crippen LogP contribution is -2.25. The van der Waals surface area contributed by atoms with Gasteiger partial charge in [0.05, 0.1) is 0 Å². The van der Waals surface area contributed by atoms with Crippen LogP contribution in [0, 0.1) is 0 Å². The molecular formula is C24H28N4OS. The highest BCUT2D eigenvalue weighted by molar-refractivity contribution is 7.98. The number of aromatic nitrogens is 3. The van der Waals surface area contributed by atoms with Crippen LogP contribution in [0.2, 0.25) is 0 Å². The minimum Gasteiger partial charge on any atom is -0.352 e. The maximum absolute atomic E-state index is 12.8. The van der Waals surface area contributed by atoms with Gasteiger partial charge in [-0.2, -0.15) is 0 Å². The summed E-state index contributed by atoms with van der Waals surface area (Å²) in [5, 5.41) is 12.9. The molecule has 156 valence electrons. The highest BCUT2D eigenvalue weighted by Gasteiger charge is 2.23. The number of hydrogen-bond donors (Lipinski definition) is 1. The molecule has 3 aromatic rings. The van der Waals surface area contributed by atoms with Crippen LogP contribution in [-0.4, -0.2) is 33.5 Å². The van der Waals surface area contributed by atoms with Crippen molar-refractivity contribution in [2.24, 2.45) is 0 Å². The Labute approximate surface area is 182 Å². The quantitative estimate of drug-likeness (QED) is 0.405. The number of carbonyl (C=O) groups is 1. The predicted octanol–water partition coefficient (Wildman–Crippen LogP) is 5.14. The molecule has 0 bridgehead atoms. The first-order chi connectivity index (χ1) is 14.8. The maximum atomic E-state index is 12.8. The Kier molecular flexibility index (Phi) is 6.84. The van der Waals surface area contributed by atoms with Gasteiger partial charge in [-0.25, -0.2) is 0 Å². The average molecular weight is 421 g/mol. The van der Waals surface area contributed by atoms with Crippen molar-refractivity contribution in [3.63, 3.8) is 0 Å². The zero-order chi connectivity index (χ0) is 20.8. The summed E-state index contributed by atoms with van der Waals surface area (Å²) in [6.07, 6.45) is 8.73. The molecule has 6 heteroatoms. The van der Waals surface area contributed by atoms with Gasteiger partial charge in [-0.1, -0.05) is 73.1 Å². The van der Waals surface area contributed by atoms with Crippen molar-refractivity contribution in [3.8, 4) is 11.1 Å². The molecule has 30 heavy (non-hydrogen) atoms. The smallest absolute Gasteiger partial charge is 0.251 e. The molecule has 1 N–H and O–H groups in total. The van der Waals surface area contributed by atoms with Gasteiger partial charge in [0.2, 0.25) is 0 Å². The standard InChI is InChI=1S/C24H28N4OS/c1-30-24-27-26-22(28(24)19-12-5-6-13-19)16-9-17-25-23(29)21-15-8-7-14-20(21)18-10-3-2-4-11-18/h2-4,7-8,10-11,14-15,19H,5-6,9,12-13,16-17H2,1H3,(H,25,29). The van der Waals surface area contributed by atoms with Gasteiger partial charge in [-0.15, -0.1) is 10.2 Å². The molecule has 0 saturated heterocycles. The van der Waals surface area contributed by atoms with Crippen LogP contribution in [-0.2, 0) is 6.42 Å². The van der Waals surface area contributed by atoms with Crippen LogP contribution in [0.3, 0.4) is 0 Å². The molecule has 1 aliphatic carbocycles. The van der Waals surface area contributed by atoms with Crippen LogP contribution in [0.15, 0.2) is 59.8 Å². The molecule has 0 spiro atoms. The zero-order valence-corrected chi connectivity index (χ0v) is 18.2. The van der Waals surface area contributed by atoms with E-state index >= 15 is 0 Å². The number of rotatable bonds is 8. The Morgan fingerprint density at radius 2 is 1.80 bits per heavy atom. The SMILES string of the molecule is CSc1nnc(CCCNC(=O)c2ccccc2-c2ccccc2)n1C1CCCC1. The summed E-state index contributed by atoms with van der Waals surface area (Å²) in [5.41, 5.74) is 2.72. The van der Waals surface area contributed by atoms with E-state index in [9.17, 15) is 4.79 Å². The second-order valence-corrected chi connectivity index (χ2v) is 8.46. The molecule has 2 aromatic carbocycles. The summed E-state index contributed by atoms with van der Waals surface area (Å²) in [6, 6.07) is 18.3. The van der Waals surface area contributed by atoms with E-state index in [1.807, 2.05) is 54.6 Å². The van der Waals surface area contributed by atoms with Crippen molar-refractivity contribution in [1.82, 2.24) is 20.1 Å². The number of hydrogen-bond acceptors (Lipinski definition) is 4. The summed E-state index contributed by atoms with van der Waals surface area (Å²) in [7, 11) is 0. The van der Waals surface area contributed by atoms with Crippen LogP contribution < -0.4 is 5.32 Å². The van der Waals surface area contributed by atoms with Crippen LogP contribution in [0.25, 0.3) is 11.1 Å². The Morgan fingerprint density at radius 1 is 1.07 bits per heavy atom. The lowest BCUT2D eigenvalue weighted by Gasteiger charge is -2.16. The van der Waals surface area contributed by atoms with Gasteiger partial charge in [-0.05, 0) is 42.7 Å². The number of aryl methyl sites for hydroxylation is 1. The Bertz CT molecular complexity index is 980. The van der Waals surface area contributed by atoms with Gasteiger partial charge in [0, 0.05) is 24.6 Å². The van der Waals surface area contributed by atoms with Gasteiger partial charge in [0.1, 0.15) is 5.82 Å². The Morgan fingerprint density at radius 3 is 2.57 bits per heavy atom. The topological polar surface area (TPSA) is 59.8 Å². The minimum atomic E-state index is -0.0310. The summed E-state index contributed by atoms with van der Waals surface area (Å²) in [4.78, 5) is 12.8. The van der Waals surface area contributed by atoms with Crippen molar-refractivity contribution in [3.05, 3.63) is 66.0 Å². The number of benzene rings is 2. The van der Waals surface area contributed by atoms with Gasteiger partial charge >= 0.3 is 0 Å². The molecule has 5 nitrogen and oxygen atoms in total. The fourth-order valence-electron chi connectivity index (χ4n) is 4.24. The zero-order valence-electron chi connectivity index (χ0n) is 17.4. The van der Waals surface area contributed by atoms with E-state index < -0.39 is 0 Å². The molecule has 1 amide bonds. The average Bonchev–Trinajstić information content (AvgIpc) is 3.46. The third-order valence-corrected chi connectivity index (χ3v) is 6.37. The Balaban J connectivity index is 1.37. The fraction of sp³-hybridized carbons (Fsp3) is 0.375. The number of amides is 1. The Hall–Kier alpha value is -2.60. The van der Waals surface area contributed by atoms with E-state index in [0.29, 0.717) is 18.2 Å². The molecule has 1 fully saturated rings. The molecule has 1 aliphatic rings. The molecule has 1 saturated carbocycles. The first-order valence-corrected chi connectivity index (χ1v) is 11.9. The van der Waals surface area contributed by atoms with E-state index in [0.717, 1.165) is 34.9 Å². The molecular weight excluding hydrogens is 392 g/mol. The fourth-order valence-corrected chi connectivity index (χ4v) is 4.81. The van der Waals surface area contributed by atoms with Crippen LogP contribution in [0.5, 0.6) is 0 Å². The third kappa shape index (κ3) is 4.59. The summed E-state index contributed by atoms with van der Waals surface area (Å²) in [5.74, 6) is 1.02. The molecule has 4 rings (SSSR count). The minimum absolute atomic E-state index is 0.0310. The number of carbonyl (C=O) groups excluding carboxylic acids is 1. The molecule has 1 heterocycles. The second kappa shape index (κ2) is 9.94. The first kappa shape index (κ1) is 20.7. The lowest BCUT2D eigenvalue weighted by atomic mass is 9.99. The molecule has 0 atom stereocenters. The second-order valence-electron chi connectivity index (χ2n) is 7.68. The number of nitrogens with one attached hydrogen (secondary N) is 1. The molecule has 1 aromatic heterocycles. The first-order valence-electron chi connectivity index (χ1n) is 10.7.